The summed E-state index contributed by atoms with van der Waals surface area (Å²) in [6.45, 7) is 4.48. The first-order chi connectivity index (χ1) is 10.6. The monoisotopic (exact) mass is 308 g/mol. The molecule has 2 nitrogen and oxygen atoms in total. The van der Waals surface area contributed by atoms with Crippen molar-refractivity contribution in [2.75, 3.05) is 5.73 Å². The van der Waals surface area contributed by atoms with Crippen molar-refractivity contribution < 1.29 is 0 Å². The molecule has 1 aromatic heterocycles. The average molecular weight is 308 g/mol. The molecule has 0 aliphatic carbocycles. The molecule has 0 fully saturated rings. The second kappa shape index (κ2) is 6.32. The highest BCUT2D eigenvalue weighted by Crippen LogP contribution is 2.30. The summed E-state index contributed by atoms with van der Waals surface area (Å²) < 4.78 is 0. The molecule has 112 valence electrons. The molecule has 0 spiro atoms. The predicted molar refractivity (Wildman–Crippen MR) is 95.9 cm³/mol. The Morgan fingerprint density at radius 1 is 1.05 bits per heavy atom. The van der Waals surface area contributed by atoms with Gasteiger partial charge < -0.3 is 5.73 Å². The summed E-state index contributed by atoms with van der Waals surface area (Å²) in [5.41, 5.74) is 11.3. The summed E-state index contributed by atoms with van der Waals surface area (Å²) >= 11 is 1.65. The first-order valence-corrected chi connectivity index (χ1v) is 8.40. The Morgan fingerprint density at radius 2 is 1.82 bits per heavy atom. The molecule has 0 atom stereocenters. The van der Waals surface area contributed by atoms with Crippen LogP contribution in [0.2, 0.25) is 0 Å². The van der Waals surface area contributed by atoms with Gasteiger partial charge in [-0.2, -0.15) is 0 Å². The topological polar surface area (TPSA) is 38.9 Å². The third-order valence-corrected chi connectivity index (χ3v) is 4.42. The fourth-order valence-corrected chi connectivity index (χ4v) is 3.32. The van der Waals surface area contributed by atoms with Gasteiger partial charge in [0, 0.05) is 22.2 Å². The van der Waals surface area contributed by atoms with Crippen molar-refractivity contribution in [3.05, 3.63) is 59.5 Å². The van der Waals surface area contributed by atoms with E-state index in [4.69, 9.17) is 10.7 Å². The molecule has 3 heteroatoms. The maximum absolute atomic E-state index is 5.85. The minimum absolute atomic E-state index is 0.681. The van der Waals surface area contributed by atoms with E-state index in [1.165, 1.54) is 11.1 Å². The summed E-state index contributed by atoms with van der Waals surface area (Å²) in [5.74, 6) is 0.681. The molecule has 0 aliphatic heterocycles. The number of anilines is 1. The van der Waals surface area contributed by atoms with Crippen molar-refractivity contribution in [1.82, 2.24) is 4.98 Å². The predicted octanol–water partition coefficient (Wildman–Crippen LogP) is 5.26. The lowest BCUT2D eigenvalue weighted by Crippen LogP contribution is -1.93. The van der Waals surface area contributed by atoms with Gasteiger partial charge in [-0.05, 0) is 30.0 Å². The zero-order chi connectivity index (χ0) is 15.5. The number of thiazole rings is 1. The van der Waals surface area contributed by atoms with Gasteiger partial charge in [0.15, 0.2) is 0 Å². The lowest BCUT2D eigenvalue weighted by Gasteiger charge is -2.05. The summed E-state index contributed by atoms with van der Waals surface area (Å²) in [5, 5.41) is 3.12. The van der Waals surface area contributed by atoms with Crippen LogP contribution in [0, 0.1) is 5.92 Å². The highest BCUT2D eigenvalue weighted by molar-refractivity contribution is 7.13. The number of aromatic nitrogens is 1. The highest BCUT2D eigenvalue weighted by Gasteiger charge is 2.07. The van der Waals surface area contributed by atoms with Gasteiger partial charge in [0.25, 0.3) is 0 Å². The van der Waals surface area contributed by atoms with Crippen LogP contribution in [0.5, 0.6) is 0 Å². The van der Waals surface area contributed by atoms with Crippen molar-refractivity contribution in [3.63, 3.8) is 0 Å². The third kappa shape index (κ3) is 3.37. The Kier molecular flexibility index (Phi) is 4.25. The normalized spacial score (nSPS) is 11.0. The second-order valence-corrected chi connectivity index (χ2v) is 6.82. The lowest BCUT2D eigenvalue weighted by molar-refractivity contribution is 0.647. The Bertz CT molecular complexity index is 757. The van der Waals surface area contributed by atoms with Crippen LogP contribution in [-0.2, 0) is 6.42 Å². The number of rotatable bonds is 4. The van der Waals surface area contributed by atoms with Gasteiger partial charge in [-0.1, -0.05) is 50.2 Å². The molecule has 1 heterocycles. The van der Waals surface area contributed by atoms with E-state index < -0.39 is 0 Å². The van der Waals surface area contributed by atoms with E-state index in [2.05, 4.69) is 43.5 Å². The average Bonchev–Trinajstić information content (AvgIpc) is 2.97. The van der Waals surface area contributed by atoms with E-state index in [-0.39, 0.29) is 0 Å². The van der Waals surface area contributed by atoms with E-state index in [0.717, 1.165) is 28.4 Å². The van der Waals surface area contributed by atoms with Gasteiger partial charge in [0.05, 0.1) is 5.69 Å². The number of hydrogen-bond acceptors (Lipinski definition) is 3. The molecule has 0 aliphatic rings. The molecule has 0 unspecified atom stereocenters. The molecule has 0 amide bonds. The van der Waals surface area contributed by atoms with Crippen molar-refractivity contribution in [2.45, 2.75) is 20.3 Å². The molecule has 0 saturated heterocycles. The number of nitrogen functional groups attached to an aromatic ring is 1. The minimum atomic E-state index is 0.681. The minimum Gasteiger partial charge on any atom is -0.399 e. The quantitative estimate of drug-likeness (QED) is 0.668. The van der Waals surface area contributed by atoms with Crippen LogP contribution in [0.15, 0.2) is 53.9 Å². The Morgan fingerprint density at radius 3 is 2.50 bits per heavy atom. The van der Waals surface area contributed by atoms with Crippen LogP contribution in [0.25, 0.3) is 21.8 Å². The molecule has 3 aromatic rings. The summed E-state index contributed by atoms with van der Waals surface area (Å²) in [4.78, 5) is 4.75. The molecular formula is C19H20N2S. The van der Waals surface area contributed by atoms with Crippen LogP contribution in [0.4, 0.5) is 5.69 Å². The Hall–Kier alpha value is -2.13. The lowest BCUT2D eigenvalue weighted by atomic mass is 10.0. The first-order valence-electron chi connectivity index (χ1n) is 7.52. The smallest absolute Gasteiger partial charge is 0.124 e. The SMILES string of the molecule is CC(C)Cc1ccc(-c2csc(-c3cccc(N)c3)n2)cc1. The van der Waals surface area contributed by atoms with Crippen LogP contribution in [0.1, 0.15) is 19.4 Å². The molecule has 22 heavy (non-hydrogen) atoms. The van der Waals surface area contributed by atoms with Crippen LogP contribution in [-0.4, -0.2) is 4.98 Å². The van der Waals surface area contributed by atoms with Gasteiger partial charge >= 0.3 is 0 Å². The maximum Gasteiger partial charge on any atom is 0.124 e. The standard InChI is InChI=1S/C19H20N2S/c1-13(2)10-14-6-8-15(9-7-14)18-12-22-19(21-18)16-4-3-5-17(20)11-16/h3-9,11-13H,10,20H2,1-2H3. The zero-order valence-corrected chi connectivity index (χ0v) is 13.7. The van der Waals surface area contributed by atoms with Crippen LogP contribution >= 0.6 is 11.3 Å². The summed E-state index contributed by atoms with van der Waals surface area (Å²) in [7, 11) is 0. The maximum atomic E-state index is 5.85. The molecule has 0 bridgehead atoms. The van der Waals surface area contributed by atoms with Crippen molar-refractivity contribution in [2.24, 2.45) is 5.92 Å². The highest BCUT2D eigenvalue weighted by atomic mass is 32.1. The fourth-order valence-electron chi connectivity index (χ4n) is 2.49. The molecule has 0 radical (unpaired) electrons. The van der Waals surface area contributed by atoms with E-state index >= 15 is 0 Å². The van der Waals surface area contributed by atoms with E-state index in [1.807, 2.05) is 24.3 Å². The molecule has 3 rings (SSSR count). The largest absolute Gasteiger partial charge is 0.399 e. The molecular weight excluding hydrogens is 288 g/mol. The van der Waals surface area contributed by atoms with Crippen molar-refractivity contribution in [1.29, 1.82) is 0 Å². The van der Waals surface area contributed by atoms with Gasteiger partial charge in [-0.15, -0.1) is 11.3 Å². The van der Waals surface area contributed by atoms with E-state index in [9.17, 15) is 0 Å². The molecule has 2 aromatic carbocycles. The van der Waals surface area contributed by atoms with Crippen LogP contribution in [0.3, 0.4) is 0 Å². The molecule has 0 saturated carbocycles. The number of hydrogen-bond donors (Lipinski definition) is 1. The zero-order valence-electron chi connectivity index (χ0n) is 12.9. The fraction of sp³-hybridized carbons (Fsp3) is 0.211. The van der Waals surface area contributed by atoms with E-state index in [0.29, 0.717) is 5.92 Å². The molecule has 2 N–H and O–H groups in total. The number of nitrogens with zero attached hydrogens (tertiary/aromatic N) is 1. The van der Waals surface area contributed by atoms with Gasteiger partial charge in [0.2, 0.25) is 0 Å². The number of benzene rings is 2. The van der Waals surface area contributed by atoms with Gasteiger partial charge in [-0.3, -0.25) is 0 Å². The van der Waals surface area contributed by atoms with E-state index in [1.54, 1.807) is 11.3 Å². The van der Waals surface area contributed by atoms with Crippen molar-refractivity contribution >= 4 is 17.0 Å². The second-order valence-electron chi connectivity index (χ2n) is 5.96. The Labute approximate surface area is 135 Å². The van der Waals surface area contributed by atoms with Gasteiger partial charge in [-0.25, -0.2) is 4.98 Å². The Balaban J connectivity index is 1.84. The van der Waals surface area contributed by atoms with Crippen LogP contribution < -0.4 is 5.73 Å². The van der Waals surface area contributed by atoms with Gasteiger partial charge in [0.1, 0.15) is 5.01 Å². The third-order valence-electron chi connectivity index (χ3n) is 3.53. The number of nitrogens with two attached hydrogens (primary N) is 1. The summed E-state index contributed by atoms with van der Waals surface area (Å²) in [6, 6.07) is 16.6. The first kappa shape index (κ1) is 14.8. The summed E-state index contributed by atoms with van der Waals surface area (Å²) in [6.07, 6.45) is 1.12. The van der Waals surface area contributed by atoms with Crippen molar-refractivity contribution in [3.8, 4) is 21.8 Å².